The minimum atomic E-state index is -4.76. The number of rotatable bonds is 13. The maximum Gasteiger partial charge on any atom is 0.333 e. The van der Waals surface area contributed by atoms with E-state index in [1.165, 1.54) is 0 Å². The summed E-state index contributed by atoms with van der Waals surface area (Å²) >= 11 is 1.85. The van der Waals surface area contributed by atoms with Crippen LogP contribution in [0.5, 0.6) is 0 Å². The number of hydrogen-bond acceptors (Lipinski definition) is 9. The Balaban J connectivity index is 1.19. The van der Waals surface area contributed by atoms with Gasteiger partial charge in [-0.05, 0) is 25.7 Å². The number of carbonyl (C=O) groups excluding carboxylic acids is 5. The Bertz CT molecular complexity index is 958. The molecule has 15 heteroatoms. The van der Waals surface area contributed by atoms with Gasteiger partial charge in [0, 0.05) is 30.4 Å². The maximum atomic E-state index is 12.0. The second-order valence-electron chi connectivity index (χ2n) is 8.73. The predicted molar refractivity (Wildman–Crippen MR) is 123 cm³/mol. The van der Waals surface area contributed by atoms with E-state index in [0.717, 1.165) is 25.0 Å². The first-order chi connectivity index (χ1) is 16.6. The monoisotopic (exact) mass is 534 g/mol. The van der Waals surface area contributed by atoms with E-state index in [4.69, 9.17) is 4.55 Å². The number of nitrogens with zero attached hydrogens (tertiary/aromatic N) is 1. The van der Waals surface area contributed by atoms with Gasteiger partial charge in [-0.25, -0.2) is 9.59 Å². The molecule has 3 heterocycles. The number of hydroxylamine groups is 2. The van der Waals surface area contributed by atoms with Gasteiger partial charge in [0.15, 0.2) is 5.25 Å². The van der Waals surface area contributed by atoms with Crippen LogP contribution in [0.4, 0.5) is 4.79 Å². The largest absolute Gasteiger partial charge is 0.356 e. The second kappa shape index (κ2) is 12.0. The molecular formula is C20H30N4O9S2. The molecule has 5 amide bonds. The first-order valence-electron chi connectivity index (χ1n) is 11.6. The van der Waals surface area contributed by atoms with Crippen LogP contribution in [0.1, 0.15) is 57.8 Å². The minimum absolute atomic E-state index is 0.0448. The molecular weight excluding hydrogens is 504 g/mol. The van der Waals surface area contributed by atoms with E-state index < -0.39 is 39.6 Å². The fourth-order valence-electron chi connectivity index (χ4n) is 4.22. The highest BCUT2D eigenvalue weighted by Gasteiger charge is 2.48. The number of fused-ring (bicyclic) bond motifs is 1. The smallest absolute Gasteiger partial charge is 0.333 e. The topological polar surface area (TPSA) is 188 Å². The highest BCUT2D eigenvalue weighted by atomic mass is 32.2. The summed E-state index contributed by atoms with van der Waals surface area (Å²) in [6.45, 7) is 0.451. The SMILES string of the molecule is O=C(CCCC[C@@H]1SC[C@@H]2NC(=O)N[C@@H]21)NCCCCCC(=O)ON1C(=O)C[C@@H](S(=O)(=O)O)C1=O. The van der Waals surface area contributed by atoms with Crippen molar-refractivity contribution < 1.29 is 41.8 Å². The number of hydrogen-bond donors (Lipinski definition) is 4. The molecule has 13 nitrogen and oxygen atoms in total. The minimum Gasteiger partial charge on any atom is -0.356 e. The fraction of sp³-hybridized carbons (Fsp3) is 0.750. The van der Waals surface area contributed by atoms with Gasteiger partial charge >= 0.3 is 12.0 Å². The summed E-state index contributed by atoms with van der Waals surface area (Å²) in [6.07, 6.45) is 3.76. The third kappa shape index (κ3) is 7.54. The summed E-state index contributed by atoms with van der Waals surface area (Å²) in [7, 11) is -4.76. The Kier molecular flexibility index (Phi) is 9.35. The summed E-state index contributed by atoms with van der Waals surface area (Å²) in [5.74, 6) is -2.30. The number of imide groups is 1. The first-order valence-corrected chi connectivity index (χ1v) is 14.1. The average Bonchev–Trinajstić information content (AvgIpc) is 3.41. The van der Waals surface area contributed by atoms with Gasteiger partial charge in [-0.15, -0.1) is 5.06 Å². The van der Waals surface area contributed by atoms with E-state index in [2.05, 4.69) is 20.8 Å². The van der Waals surface area contributed by atoms with Gasteiger partial charge in [0.2, 0.25) is 5.91 Å². The maximum absolute atomic E-state index is 12.0. The van der Waals surface area contributed by atoms with Crippen LogP contribution >= 0.6 is 11.8 Å². The third-order valence-corrected chi connectivity index (χ3v) is 8.67. The fourth-order valence-corrected chi connectivity index (χ4v) is 6.47. The standard InChI is InChI=1S/C20H30N4O9S2/c25-15(7-4-3-6-13-18-12(11-34-13)22-20(29)23-18)21-9-5-1-2-8-17(27)33-24-16(26)10-14(19(24)28)35(30,31)32/h12-14,18H,1-11H2,(H,21,25)(H2,22,23,29)(H,30,31,32)/t12-,13-,14+,18-/m0/s1. The van der Waals surface area contributed by atoms with E-state index in [1.54, 1.807) is 0 Å². The molecule has 3 rings (SSSR count). The molecule has 3 aliphatic rings. The van der Waals surface area contributed by atoms with E-state index in [1.807, 2.05) is 11.8 Å². The number of carbonyl (C=O) groups is 5. The molecule has 4 N–H and O–H groups in total. The van der Waals surface area contributed by atoms with Crippen molar-refractivity contribution in [2.45, 2.75) is 80.4 Å². The van der Waals surface area contributed by atoms with Gasteiger partial charge in [0.25, 0.3) is 21.9 Å². The van der Waals surface area contributed by atoms with Crippen molar-refractivity contribution in [3.8, 4) is 0 Å². The zero-order valence-electron chi connectivity index (χ0n) is 19.1. The molecule has 0 aliphatic carbocycles. The lowest BCUT2D eigenvalue weighted by Crippen LogP contribution is -2.36. The summed E-state index contributed by atoms with van der Waals surface area (Å²) in [5.41, 5.74) is 0. The van der Waals surface area contributed by atoms with Crippen LogP contribution in [0.2, 0.25) is 0 Å². The molecule has 0 saturated carbocycles. The predicted octanol–water partition coefficient (Wildman–Crippen LogP) is -0.138. The van der Waals surface area contributed by atoms with Crippen molar-refractivity contribution in [1.29, 1.82) is 0 Å². The van der Waals surface area contributed by atoms with Crippen LogP contribution in [0.25, 0.3) is 0 Å². The number of nitrogens with one attached hydrogen (secondary N) is 3. The summed E-state index contributed by atoms with van der Waals surface area (Å²) in [6, 6.07) is 0.265. The van der Waals surface area contributed by atoms with Gasteiger partial charge in [-0.3, -0.25) is 18.9 Å². The second-order valence-corrected chi connectivity index (χ2v) is 11.6. The van der Waals surface area contributed by atoms with Crippen LogP contribution in [0, 0.1) is 0 Å². The molecule has 3 aliphatic heterocycles. The molecule has 0 unspecified atom stereocenters. The van der Waals surface area contributed by atoms with Crippen LogP contribution < -0.4 is 16.0 Å². The van der Waals surface area contributed by atoms with Crippen LogP contribution in [-0.2, 0) is 34.1 Å². The molecule has 4 atom stereocenters. The lowest BCUT2D eigenvalue weighted by atomic mass is 10.0. The Hall–Kier alpha value is -2.39. The zero-order chi connectivity index (χ0) is 25.6. The first kappa shape index (κ1) is 27.2. The van der Waals surface area contributed by atoms with Crippen molar-refractivity contribution >= 4 is 51.6 Å². The molecule has 3 fully saturated rings. The van der Waals surface area contributed by atoms with Crippen LogP contribution in [-0.4, -0.2) is 82.6 Å². The van der Waals surface area contributed by atoms with Crippen LogP contribution in [0.3, 0.4) is 0 Å². The Morgan fingerprint density at radius 3 is 2.54 bits per heavy atom. The normalized spacial score (nSPS) is 25.9. The van der Waals surface area contributed by atoms with Crippen molar-refractivity contribution in [3.63, 3.8) is 0 Å². The average molecular weight is 535 g/mol. The Morgan fingerprint density at radius 1 is 1.09 bits per heavy atom. The summed E-state index contributed by atoms with van der Waals surface area (Å²) in [4.78, 5) is 63.3. The van der Waals surface area contributed by atoms with Crippen molar-refractivity contribution in [3.05, 3.63) is 0 Å². The number of amides is 5. The van der Waals surface area contributed by atoms with Gasteiger partial charge in [0.1, 0.15) is 0 Å². The molecule has 0 spiro atoms. The molecule has 196 valence electrons. The molecule has 0 aromatic heterocycles. The van der Waals surface area contributed by atoms with Crippen molar-refractivity contribution in [2.24, 2.45) is 0 Å². The quantitative estimate of drug-likeness (QED) is 0.107. The van der Waals surface area contributed by atoms with E-state index in [9.17, 15) is 32.4 Å². The zero-order valence-corrected chi connectivity index (χ0v) is 20.7. The van der Waals surface area contributed by atoms with Gasteiger partial charge < -0.3 is 20.8 Å². The molecule has 0 radical (unpaired) electrons. The third-order valence-electron chi connectivity index (χ3n) is 6.08. The molecule has 3 saturated heterocycles. The lowest BCUT2D eigenvalue weighted by molar-refractivity contribution is -0.197. The highest BCUT2D eigenvalue weighted by Crippen LogP contribution is 2.33. The number of unbranched alkanes of at least 4 members (excludes halogenated alkanes) is 3. The van der Waals surface area contributed by atoms with E-state index >= 15 is 0 Å². The summed E-state index contributed by atoms with van der Waals surface area (Å²) in [5, 5.41) is 7.20. The Labute approximate surface area is 207 Å². The summed E-state index contributed by atoms with van der Waals surface area (Å²) < 4.78 is 31.1. The molecule has 35 heavy (non-hydrogen) atoms. The highest BCUT2D eigenvalue weighted by molar-refractivity contribution is 8.00. The van der Waals surface area contributed by atoms with E-state index in [-0.39, 0.29) is 35.5 Å². The van der Waals surface area contributed by atoms with Crippen molar-refractivity contribution in [2.75, 3.05) is 12.3 Å². The van der Waals surface area contributed by atoms with Gasteiger partial charge in [0.05, 0.1) is 18.5 Å². The van der Waals surface area contributed by atoms with Crippen molar-refractivity contribution in [1.82, 2.24) is 21.0 Å². The number of urea groups is 1. The molecule has 0 aromatic rings. The molecule has 0 bridgehead atoms. The van der Waals surface area contributed by atoms with Gasteiger partial charge in [-0.2, -0.15) is 20.2 Å². The van der Waals surface area contributed by atoms with Crippen LogP contribution in [0.15, 0.2) is 0 Å². The molecule has 0 aromatic carbocycles. The van der Waals surface area contributed by atoms with E-state index in [0.29, 0.717) is 37.5 Å². The number of thioether (sulfide) groups is 1. The van der Waals surface area contributed by atoms with Gasteiger partial charge in [-0.1, -0.05) is 12.8 Å². The lowest BCUT2D eigenvalue weighted by Gasteiger charge is -2.16. The Morgan fingerprint density at radius 2 is 1.83 bits per heavy atom.